The predicted octanol–water partition coefficient (Wildman–Crippen LogP) is -2.75. The molecule has 2 radical (unpaired) electrons. The van der Waals surface area contributed by atoms with Gasteiger partial charge in [0.15, 0.2) is 5.96 Å². The van der Waals surface area contributed by atoms with Crippen LogP contribution in [0.5, 0.6) is 0 Å². The van der Waals surface area contributed by atoms with Crippen molar-refractivity contribution in [3.05, 3.63) is 0 Å². The molecule has 0 fully saturated rings. The Labute approximate surface area is 171 Å². The third kappa shape index (κ3) is 13.3. The molecule has 0 aliphatic rings. The van der Waals surface area contributed by atoms with Crippen molar-refractivity contribution >= 4 is 83.0 Å². The number of aliphatic carboxylic acids is 3. The molecule has 116 valence electrons. The van der Waals surface area contributed by atoms with Gasteiger partial charge < -0.3 is 32.1 Å². The Morgan fingerprint density at radius 1 is 1.09 bits per heavy atom. The van der Waals surface area contributed by atoms with E-state index in [1.165, 1.54) is 0 Å². The smallest absolute Gasteiger partial charge is 0.326 e. The van der Waals surface area contributed by atoms with Gasteiger partial charge in [-0.2, -0.15) is 0 Å². The van der Waals surface area contributed by atoms with Gasteiger partial charge in [0, 0.05) is 65.7 Å². The van der Waals surface area contributed by atoms with E-state index in [1.807, 2.05) is 0 Å². The third-order valence-corrected chi connectivity index (χ3v) is 2.27. The molecule has 0 saturated carbocycles. The van der Waals surface area contributed by atoms with Crippen LogP contribution in [0.15, 0.2) is 4.99 Å². The normalized spacial score (nSPS) is 13.0. The minimum absolute atomic E-state index is 0. The first-order valence-electron chi connectivity index (χ1n) is 5.73. The topological polar surface area (TPSA) is 188 Å². The standard InChI is InChI=1S/C10H18N4O6.2Na/c11-5(8(17)18)2-1-3-13-10(12)14-6(9(19)20)4-7(15)16;;/h5-6H,1-4,11H2,(H,15,16)(H,17,18)(H,19,20)(H3,12,13,14);;/t5-,6-;;/m0../s1. The number of hydrogen-bond donors (Lipinski definition) is 6. The van der Waals surface area contributed by atoms with Crippen LogP contribution in [0.25, 0.3) is 0 Å². The van der Waals surface area contributed by atoms with E-state index in [-0.39, 0.29) is 78.0 Å². The number of rotatable bonds is 9. The molecule has 8 N–H and O–H groups in total. The first kappa shape index (κ1) is 26.5. The fourth-order valence-corrected chi connectivity index (χ4v) is 1.23. The molecule has 0 aliphatic heterocycles. The first-order chi connectivity index (χ1) is 9.23. The van der Waals surface area contributed by atoms with Crippen molar-refractivity contribution in [1.82, 2.24) is 5.32 Å². The maximum Gasteiger partial charge on any atom is 0.326 e. The largest absolute Gasteiger partial charge is 0.481 e. The average molecular weight is 336 g/mol. The number of guanidine groups is 1. The second-order valence-corrected chi connectivity index (χ2v) is 3.99. The van der Waals surface area contributed by atoms with Crippen LogP contribution in [-0.4, -0.2) is 117 Å². The van der Waals surface area contributed by atoms with E-state index in [4.69, 9.17) is 26.8 Å². The number of carboxylic acid groups (broad SMARTS) is 3. The van der Waals surface area contributed by atoms with Crippen LogP contribution in [0.1, 0.15) is 19.3 Å². The Kier molecular flexibility index (Phi) is 17.2. The summed E-state index contributed by atoms with van der Waals surface area (Å²) in [5, 5.41) is 28.1. The molecule has 0 rings (SSSR count). The van der Waals surface area contributed by atoms with Gasteiger partial charge in [-0.05, 0) is 12.8 Å². The first-order valence-corrected chi connectivity index (χ1v) is 5.73. The van der Waals surface area contributed by atoms with Crippen molar-refractivity contribution in [1.29, 1.82) is 0 Å². The summed E-state index contributed by atoms with van der Waals surface area (Å²) in [4.78, 5) is 35.4. The molecule has 0 aromatic rings. The van der Waals surface area contributed by atoms with E-state index in [1.54, 1.807) is 0 Å². The number of aliphatic imine (C=N–C) groups is 1. The summed E-state index contributed by atoms with van der Waals surface area (Å²) >= 11 is 0. The van der Waals surface area contributed by atoms with Crippen molar-refractivity contribution in [2.75, 3.05) is 6.54 Å². The minimum Gasteiger partial charge on any atom is -0.481 e. The number of nitrogens with zero attached hydrogens (tertiary/aromatic N) is 1. The van der Waals surface area contributed by atoms with Crippen LogP contribution < -0.4 is 16.8 Å². The second kappa shape index (κ2) is 14.2. The third-order valence-electron chi connectivity index (χ3n) is 2.27. The maximum atomic E-state index is 10.7. The second-order valence-electron chi connectivity index (χ2n) is 3.99. The Balaban J connectivity index is -0.00000180. The molecule has 0 aromatic heterocycles. The van der Waals surface area contributed by atoms with E-state index in [0.29, 0.717) is 6.42 Å². The van der Waals surface area contributed by atoms with Gasteiger partial charge in [0.05, 0.1) is 6.42 Å². The molecule has 2 atom stereocenters. The molecule has 0 bridgehead atoms. The van der Waals surface area contributed by atoms with E-state index >= 15 is 0 Å². The molecule has 0 aromatic carbocycles. The Morgan fingerprint density at radius 3 is 2.05 bits per heavy atom. The van der Waals surface area contributed by atoms with Crippen LogP contribution in [0.2, 0.25) is 0 Å². The van der Waals surface area contributed by atoms with Crippen molar-refractivity contribution in [3.63, 3.8) is 0 Å². The number of carbonyl (C=O) groups is 3. The van der Waals surface area contributed by atoms with Gasteiger partial charge in [-0.3, -0.25) is 14.6 Å². The zero-order valence-corrected chi connectivity index (χ0v) is 16.7. The number of hydrogen-bond acceptors (Lipinski definition) is 5. The SMILES string of the molecule is NC(=NCCC[C@H](N)C(=O)O)N[C@@H](CC(=O)O)C(=O)O.[Na].[Na]. The van der Waals surface area contributed by atoms with Gasteiger partial charge in [-0.1, -0.05) is 0 Å². The molecule has 0 spiro atoms. The number of nitrogens with two attached hydrogens (primary N) is 2. The predicted molar refractivity (Wildman–Crippen MR) is 79.7 cm³/mol. The molecular weight excluding hydrogens is 318 g/mol. The van der Waals surface area contributed by atoms with Gasteiger partial charge in [0.25, 0.3) is 0 Å². The van der Waals surface area contributed by atoms with Gasteiger partial charge >= 0.3 is 17.9 Å². The van der Waals surface area contributed by atoms with Crippen LogP contribution in [0.4, 0.5) is 0 Å². The summed E-state index contributed by atoms with van der Waals surface area (Å²) in [5.41, 5.74) is 10.7. The molecule has 0 unspecified atom stereocenters. The molecule has 0 heterocycles. The molecule has 0 amide bonds. The van der Waals surface area contributed by atoms with E-state index in [0.717, 1.165) is 0 Å². The quantitative estimate of drug-likeness (QED) is 0.112. The van der Waals surface area contributed by atoms with Crippen molar-refractivity contribution < 1.29 is 29.7 Å². The number of carboxylic acids is 3. The van der Waals surface area contributed by atoms with Crippen LogP contribution >= 0.6 is 0 Å². The van der Waals surface area contributed by atoms with Gasteiger partial charge in [-0.25, -0.2) is 4.79 Å². The van der Waals surface area contributed by atoms with E-state index in [2.05, 4.69) is 10.3 Å². The monoisotopic (exact) mass is 336 g/mol. The average Bonchev–Trinajstić information content (AvgIpc) is 2.32. The Bertz CT molecular complexity index is 407. The fourth-order valence-electron chi connectivity index (χ4n) is 1.23. The van der Waals surface area contributed by atoms with Gasteiger partial charge in [0.2, 0.25) is 0 Å². The van der Waals surface area contributed by atoms with Crippen LogP contribution in [-0.2, 0) is 14.4 Å². The van der Waals surface area contributed by atoms with Crippen molar-refractivity contribution in [2.45, 2.75) is 31.3 Å². The molecular formula is C10H18N4Na2O6. The maximum absolute atomic E-state index is 10.7. The summed E-state index contributed by atoms with van der Waals surface area (Å²) in [6.07, 6.45) is -0.0917. The summed E-state index contributed by atoms with van der Waals surface area (Å²) in [6, 6.07) is -2.37. The van der Waals surface area contributed by atoms with E-state index in [9.17, 15) is 14.4 Å². The summed E-state index contributed by atoms with van der Waals surface area (Å²) in [6.45, 7) is 0.152. The minimum atomic E-state index is -1.38. The van der Waals surface area contributed by atoms with Crippen molar-refractivity contribution in [2.24, 2.45) is 16.5 Å². The van der Waals surface area contributed by atoms with Crippen LogP contribution in [0.3, 0.4) is 0 Å². The fraction of sp³-hybridized carbons (Fsp3) is 0.600. The van der Waals surface area contributed by atoms with Crippen molar-refractivity contribution in [3.8, 4) is 0 Å². The van der Waals surface area contributed by atoms with Gasteiger partial charge in [0.1, 0.15) is 12.1 Å². The zero-order valence-electron chi connectivity index (χ0n) is 12.7. The number of nitrogens with one attached hydrogen (secondary N) is 1. The summed E-state index contributed by atoms with van der Waals surface area (Å²) in [5.74, 6) is -3.99. The Hall–Kier alpha value is -0.360. The zero-order chi connectivity index (χ0) is 15.7. The van der Waals surface area contributed by atoms with E-state index < -0.39 is 36.4 Å². The Morgan fingerprint density at radius 2 is 1.64 bits per heavy atom. The molecule has 0 aliphatic carbocycles. The molecule has 10 nitrogen and oxygen atoms in total. The molecule has 12 heteroatoms. The molecule has 0 saturated heterocycles. The summed E-state index contributed by atoms with van der Waals surface area (Å²) < 4.78 is 0. The summed E-state index contributed by atoms with van der Waals surface area (Å²) in [7, 11) is 0. The molecule has 22 heavy (non-hydrogen) atoms. The van der Waals surface area contributed by atoms with Crippen LogP contribution in [0, 0.1) is 0 Å². The van der Waals surface area contributed by atoms with Gasteiger partial charge in [-0.15, -0.1) is 0 Å².